The number of ether oxygens (including phenoxy) is 2. The van der Waals surface area contributed by atoms with Gasteiger partial charge in [0.05, 0.1) is 13.2 Å². The number of rotatable bonds is 7. The van der Waals surface area contributed by atoms with Gasteiger partial charge in [-0.1, -0.05) is 29.8 Å². The Hall–Kier alpha value is -2.46. The predicted molar refractivity (Wildman–Crippen MR) is 96.6 cm³/mol. The molecule has 0 aromatic heterocycles. The summed E-state index contributed by atoms with van der Waals surface area (Å²) in [4.78, 5) is 11.9. The zero-order valence-electron chi connectivity index (χ0n) is 13.7. The molecule has 4 nitrogen and oxygen atoms in total. The molecule has 1 atom stereocenters. The minimum atomic E-state index is -0.194. The summed E-state index contributed by atoms with van der Waals surface area (Å²) in [5, 5.41) is 3.45. The summed E-state index contributed by atoms with van der Waals surface area (Å²) < 4.78 is 10.7. The van der Waals surface area contributed by atoms with Gasteiger partial charge in [0, 0.05) is 11.1 Å². The van der Waals surface area contributed by atoms with Crippen molar-refractivity contribution < 1.29 is 14.3 Å². The van der Waals surface area contributed by atoms with E-state index in [1.807, 2.05) is 49.4 Å². The largest absolute Gasteiger partial charge is 0.497 e. The van der Waals surface area contributed by atoms with Crippen molar-refractivity contribution in [3.05, 3.63) is 65.2 Å². The predicted octanol–water partition coefficient (Wildman–Crippen LogP) is 3.95. The van der Waals surface area contributed by atoms with Crippen LogP contribution in [0.1, 0.15) is 12.5 Å². The molecule has 0 spiro atoms. The van der Waals surface area contributed by atoms with Crippen LogP contribution in [-0.2, 0) is 4.79 Å². The first kappa shape index (κ1) is 17.9. The maximum atomic E-state index is 11.9. The lowest BCUT2D eigenvalue weighted by atomic mass is 10.2. The fourth-order valence-corrected chi connectivity index (χ4v) is 2.20. The quantitative estimate of drug-likeness (QED) is 0.773. The summed E-state index contributed by atoms with van der Waals surface area (Å²) in [6, 6.07) is 14.5. The van der Waals surface area contributed by atoms with E-state index in [9.17, 15) is 4.79 Å². The average Bonchev–Trinajstić information content (AvgIpc) is 2.59. The van der Waals surface area contributed by atoms with Gasteiger partial charge in [0.2, 0.25) is 5.91 Å². The van der Waals surface area contributed by atoms with E-state index in [2.05, 4.69) is 5.32 Å². The number of hydrogen-bond donors (Lipinski definition) is 1. The van der Waals surface area contributed by atoms with Crippen LogP contribution in [0.5, 0.6) is 11.5 Å². The third-order valence-corrected chi connectivity index (χ3v) is 3.61. The monoisotopic (exact) mass is 345 g/mol. The Morgan fingerprint density at radius 3 is 2.50 bits per heavy atom. The number of halogens is 1. The highest BCUT2D eigenvalue weighted by Gasteiger charge is 2.06. The van der Waals surface area contributed by atoms with E-state index in [0.29, 0.717) is 11.6 Å². The fourth-order valence-electron chi connectivity index (χ4n) is 2.00. The molecular weight excluding hydrogens is 326 g/mol. The van der Waals surface area contributed by atoms with Gasteiger partial charge in [0.25, 0.3) is 0 Å². The van der Waals surface area contributed by atoms with Gasteiger partial charge in [0.15, 0.2) is 0 Å². The second-order valence-corrected chi connectivity index (χ2v) is 5.66. The van der Waals surface area contributed by atoms with Crippen LogP contribution in [0.15, 0.2) is 54.6 Å². The zero-order valence-corrected chi connectivity index (χ0v) is 14.4. The van der Waals surface area contributed by atoms with E-state index in [0.717, 1.165) is 17.1 Å². The van der Waals surface area contributed by atoms with E-state index >= 15 is 0 Å². The number of carbonyl (C=O) groups excluding carboxylic acids is 1. The molecule has 0 aliphatic heterocycles. The van der Waals surface area contributed by atoms with E-state index in [4.69, 9.17) is 21.1 Å². The van der Waals surface area contributed by atoms with Crippen molar-refractivity contribution in [2.24, 2.45) is 0 Å². The second kappa shape index (κ2) is 8.99. The molecule has 0 heterocycles. The van der Waals surface area contributed by atoms with Crippen LogP contribution in [0.3, 0.4) is 0 Å². The Bertz CT molecular complexity index is 698. The lowest BCUT2D eigenvalue weighted by Crippen LogP contribution is -2.35. The van der Waals surface area contributed by atoms with Crippen molar-refractivity contribution >= 4 is 23.6 Å². The molecule has 24 heavy (non-hydrogen) atoms. The van der Waals surface area contributed by atoms with Crippen LogP contribution in [0.2, 0.25) is 5.02 Å². The maximum Gasteiger partial charge on any atom is 0.244 e. The van der Waals surface area contributed by atoms with E-state index in [1.54, 1.807) is 19.3 Å². The number of hydrogen-bond acceptors (Lipinski definition) is 3. The number of amides is 1. The Morgan fingerprint density at radius 1 is 1.17 bits per heavy atom. The highest BCUT2D eigenvalue weighted by atomic mass is 35.5. The molecule has 0 saturated heterocycles. The van der Waals surface area contributed by atoms with Gasteiger partial charge < -0.3 is 14.8 Å². The summed E-state index contributed by atoms with van der Waals surface area (Å²) in [5.41, 5.74) is 0.802. The van der Waals surface area contributed by atoms with E-state index in [1.165, 1.54) is 6.08 Å². The fraction of sp³-hybridized carbons (Fsp3) is 0.211. The Morgan fingerprint density at radius 2 is 1.83 bits per heavy atom. The van der Waals surface area contributed by atoms with Crippen LogP contribution in [0.25, 0.3) is 6.08 Å². The third kappa shape index (κ3) is 5.63. The van der Waals surface area contributed by atoms with Gasteiger partial charge in [-0.15, -0.1) is 0 Å². The van der Waals surface area contributed by atoms with Crippen molar-refractivity contribution in [3.63, 3.8) is 0 Å². The Balaban J connectivity index is 1.79. The molecule has 0 aliphatic rings. The highest BCUT2D eigenvalue weighted by Crippen LogP contribution is 2.17. The Labute approximate surface area is 147 Å². The number of methoxy groups -OCH3 is 1. The van der Waals surface area contributed by atoms with Gasteiger partial charge in [-0.05, 0) is 48.9 Å². The maximum absolute atomic E-state index is 11.9. The van der Waals surface area contributed by atoms with Crippen molar-refractivity contribution in [3.8, 4) is 11.5 Å². The van der Waals surface area contributed by atoms with Crippen LogP contribution in [0.4, 0.5) is 0 Å². The molecule has 126 valence electrons. The van der Waals surface area contributed by atoms with Crippen molar-refractivity contribution in [2.45, 2.75) is 13.0 Å². The molecule has 1 N–H and O–H groups in total. The molecule has 0 radical (unpaired) electrons. The lowest BCUT2D eigenvalue weighted by molar-refractivity contribution is -0.117. The standard InChI is InChI=1S/C19H20ClNO3/c1-14(13-24-17-10-8-16(23-2)9-11-17)21-19(22)12-7-15-5-3-4-6-18(15)20/h3-12,14H,13H2,1-2H3,(H,21,22)/b12-7+/t14-/m1/s1. The molecule has 0 bridgehead atoms. The first-order chi connectivity index (χ1) is 11.6. The molecule has 0 unspecified atom stereocenters. The zero-order chi connectivity index (χ0) is 17.4. The third-order valence-electron chi connectivity index (χ3n) is 3.27. The summed E-state index contributed by atoms with van der Waals surface area (Å²) in [5.74, 6) is 1.30. The first-order valence-electron chi connectivity index (χ1n) is 7.58. The van der Waals surface area contributed by atoms with E-state index < -0.39 is 0 Å². The van der Waals surface area contributed by atoms with Gasteiger partial charge in [-0.3, -0.25) is 4.79 Å². The summed E-state index contributed by atoms with van der Waals surface area (Å²) in [6.45, 7) is 2.25. The molecule has 0 aliphatic carbocycles. The smallest absolute Gasteiger partial charge is 0.244 e. The molecule has 2 aromatic carbocycles. The van der Waals surface area contributed by atoms with Crippen LogP contribution in [-0.4, -0.2) is 25.7 Å². The minimum Gasteiger partial charge on any atom is -0.497 e. The molecule has 2 rings (SSSR count). The van der Waals surface area contributed by atoms with Gasteiger partial charge in [-0.2, -0.15) is 0 Å². The molecule has 2 aromatic rings. The number of nitrogens with one attached hydrogen (secondary N) is 1. The van der Waals surface area contributed by atoms with Crippen molar-refractivity contribution in [2.75, 3.05) is 13.7 Å². The number of benzene rings is 2. The van der Waals surface area contributed by atoms with Crippen LogP contribution < -0.4 is 14.8 Å². The minimum absolute atomic E-state index is 0.129. The summed E-state index contributed by atoms with van der Waals surface area (Å²) in [7, 11) is 1.61. The molecule has 0 saturated carbocycles. The van der Waals surface area contributed by atoms with Crippen molar-refractivity contribution in [1.29, 1.82) is 0 Å². The SMILES string of the molecule is COc1ccc(OC[C@@H](C)NC(=O)/C=C/c2ccccc2Cl)cc1. The summed E-state index contributed by atoms with van der Waals surface area (Å²) in [6.07, 6.45) is 3.15. The van der Waals surface area contributed by atoms with Gasteiger partial charge >= 0.3 is 0 Å². The van der Waals surface area contributed by atoms with Gasteiger partial charge in [-0.25, -0.2) is 0 Å². The van der Waals surface area contributed by atoms with Crippen LogP contribution >= 0.6 is 11.6 Å². The molecule has 1 amide bonds. The second-order valence-electron chi connectivity index (χ2n) is 5.25. The normalized spacial score (nSPS) is 12.0. The highest BCUT2D eigenvalue weighted by molar-refractivity contribution is 6.32. The Kier molecular flexibility index (Phi) is 6.70. The summed E-state index contributed by atoms with van der Waals surface area (Å²) >= 11 is 6.04. The van der Waals surface area contributed by atoms with Crippen LogP contribution in [0, 0.1) is 0 Å². The van der Waals surface area contributed by atoms with Gasteiger partial charge in [0.1, 0.15) is 18.1 Å². The molecule has 0 fully saturated rings. The first-order valence-corrected chi connectivity index (χ1v) is 7.96. The molecule has 5 heteroatoms. The average molecular weight is 346 g/mol. The lowest BCUT2D eigenvalue weighted by Gasteiger charge is -2.14. The van der Waals surface area contributed by atoms with E-state index in [-0.39, 0.29) is 11.9 Å². The molecular formula is C19H20ClNO3. The van der Waals surface area contributed by atoms with Crippen molar-refractivity contribution in [1.82, 2.24) is 5.32 Å². The number of carbonyl (C=O) groups is 1. The topological polar surface area (TPSA) is 47.6 Å².